The molecule has 6 rings (SSSR count). The molecule has 0 atom stereocenters. The number of amides is 2. The Morgan fingerprint density at radius 2 is 1.68 bits per heavy atom. The van der Waals surface area contributed by atoms with E-state index in [2.05, 4.69) is 0 Å². The number of hydrogen-bond donors (Lipinski definition) is 1. The van der Waals surface area contributed by atoms with E-state index in [-0.39, 0.29) is 16.2 Å². The number of hydrogen-bond acceptors (Lipinski definition) is 4. The molecule has 0 bridgehead atoms. The van der Waals surface area contributed by atoms with Gasteiger partial charge in [0.15, 0.2) is 5.58 Å². The van der Waals surface area contributed by atoms with Crippen molar-refractivity contribution in [1.29, 1.82) is 0 Å². The van der Waals surface area contributed by atoms with Crippen LogP contribution in [-0.2, 0) is 7.05 Å². The molecule has 6 nitrogen and oxygen atoms in total. The topological polar surface area (TPSA) is 75.7 Å². The lowest BCUT2D eigenvalue weighted by Crippen LogP contribution is -2.25. The van der Waals surface area contributed by atoms with E-state index in [9.17, 15) is 19.2 Å². The predicted molar refractivity (Wildman–Crippen MR) is 99.9 cm³/mol. The van der Waals surface area contributed by atoms with Crippen molar-refractivity contribution in [3.63, 3.8) is 0 Å². The second-order valence-electron chi connectivity index (χ2n) is 6.92. The fraction of sp³-hybridized carbons (Fsp3) is 0.0476. The number of aromatic nitrogens is 1. The minimum atomic E-state index is -0.841. The number of furan rings is 1. The molecule has 1 N–H and O–H groups in total. The first-order valence-corrected chi connectivity index (χ1v) is 8.61. The van der Waals surface area contributed by atoms with Gasteiger partial charge in [-0.25, -0.2) is 4.39 Å². The van der Waals surface area contributed by atoms with E-state index in [4.69, 9.17) is 4.42 Å². The van der Waals surface area contributed by atoms with Crippen molar-refractivity contribution in [2.75, 3.05) is 0 Å². The number of nitrogens with zero attached hydrogens (tertiary/aromatic N) is 2. The van der Waals surface area contributed by atoms with E-state index < -0.39 is 17.6 Å². The molecule has 5 aromatic rings. The van der Waals surface area contributed by atoms with Crippen LogP contribution in [0.5, 0.6) is 0 Å². The van der Waals surface area contributed by atoms with E-state index in [1.807, 2.05) is 35.9 Å². The molecule has 2 aromatic heterocycles. The van der Waals surface area contributed by atoms with Crippen molar-refractivity contribution in [3.05, 3.63) is 59.4 Å². The number of carbonyl (C=O) groups excluding carboxylic acids is 2. The van der Waals surface area contributed by atoms with Crippen molar-refractivity contribution in [2.24, 2.45) is 7.05 Å². The minimum absolute atomic E-state index is 0.0377. The molecule has 3 aromatic carbocycles. The van der Waals surface area contributed by atoms with Gasteiger partial charge >= 0.3 is 0 Å². The highest BCUT2D eigenvalue weighted by Crippen LogP contribution is 2.45. The third-order valence-corrected chi connectivity index (χ3v) is 5.53. The Kier molecular flexibility index (Phi) is 2.61. The molecule has 0 fully saturated rings. The lowest BCUT2D eigenvalue weighted by Gasteiger charge is -2.03. The number of carbonyl (C=O) groups is 2. The molecule has 1 aliphatic heterocycles. The van der Waals surface area contributed by atoms with E-state index in [1.54, 1.807) is 0 Å². The molecule has 28 heavy (non-hydrogen) atoms. The monoisotopic (exact) mass is 374 g/mol. The van der Waals surface area contributed by atoms with E-state index in [1.165, 1.54) is 18.2 Å². The minimum Gasteiger partial charge on any atom is -0.454 e. The average molecular weight is 374 g/mol. The molecule has 0 spiro atoms. The van der Waals surface area contributed by atoms with Gasteiger partial charge in [0, 0.05) is 34.1 Å². The molecule has 0 saturated carbocycles. The van der Waals surface area contributed by atoms with Gasteiger partial charge in [-0.1, -0.05) is 18.2 Å². The number of rotatable bonds is 0. The Hall–Kier alpha value is -3.71. The summed E-state index contributed by atoms with van der Waals surface area (Å²) in [4.78, 5) is 25.5. The molecule has 2 amide bonds. The quantitative estimate of drug-likeness (QED) is 0.323. The Morgan fingerprint density at radius 1 is 0.964 bits per heavy atom. The SMILES string of the molecule is Cn1c2ccccc2c2c3c(c4c5cc(F)ccc5oc4c21)C(=O)N(O)C3=O. The van der Waals surface area contributed by atoms with Crippen LogP contribution >= 0.6 is 0 Å². The maximum atomic E-state index is 13.9. The summed E-state index contributed by atoms with van der Waals surface area (Å²) in [5, 5.41) is 12.2. The van der Waals surface area contributed by atoms with Crippen LogP contribution < -0.4 is 0 Å². The van der Waals surface area contributed by atoms with Crippen molar-refractivity contribution in [2.45, 2.75) is 0 Å². The Labute approximate surface area is 155 Å². The molecule has 7 heteroatoms. The van der Waals surface area contributed by atoms with Crippen LogP contribution in [0, 0.1) is 5.82 Å². The number of benzene rings is 3. The average Bonchev–Trinajstić information content (AvgIpc) is 3.28. The zero-order chi connectivity index (χ0) is 19.3. The van der Waals surface area contributed by atoms with Crippen LogP contribution in [-0.4, -0.2) is 26.7 Å². The maximum Gasteiger partial charge on any atom is 0.286 e. The Balaban J connectivity index is 2.03. The highest BCUT2D eigenvalue weighted by Gasteiger charge is 2.41. The smallest absolute Gasteiger partial charge is 0.286 e. The molecule has 0 unspecified atom stereocenters. The highest BCUT2D eigenvalue weighted by molar-refractivity contribution is 6.38. The van der Waals surface area contributed by atoms with Crippen LogP contribution in [0.4, 0.5) is 4.39 Å². The van der Waals surface area contributed by atoms with E-state index in [0.29, 0.717) is 32.8 Å². The first-order chi connectivity index (χ1) is 13.5. The number of aryl methyl sites for hydroxylation is 1. The van der Waals surface area contributed by atoms with Gasteiger partial charge in [-0.3, -0.25) is 14.8 Å². The molecule has 0 aliphatic carbocycles. The van der Waals surface area contributed by atoms with Crippen LogP contribution in [0.2, 0.25) is 0 Å². The molecule has 3 heterocycles. The Morgan fingerprint density at radius 3 is 2.46 bits per heavy atom. The number of halogens is 1. The van der Waals surface area contributed by atoms with Gasteiger partial charge in [-0.2, -0.15) is 0 Å². The van der Waals surface area contributed by atoms with Crippen molar-refractivity contribution in [1.82, 2.24) is 9.63 Å². The van der Waals surface area contributed by atoms with E-state index >= 15 is 0 Å². The van der Waals surface area contributed by atoms with Crippen molar-refractivity contribution < 1.29 is 23.6 Å². The zero-order valence-corrected chi connectivity index (χ0v) is 14.5. The number of fused-ring (bicyclic) bond motifs is 10. The second kappa shape index (κ2) is 4.76. The maximum absolute atomic E-state index is 13.9. The summed E-state index contributed by atoms with van der Waals surface area (Å²) in [6, 6.07) is 11.5. The summed E-state index contributed by atoms with van der Waals surface area (Å²) in [5.41, 5.74) is 2.38. The van der Waals surface area contributed by atoms with Gasteiger partial charge in [0.25, 0.3) is 11.8 Å². The zero-order valence-electron chi connectivity index (χ0n) is 14.5. The Bertz CT molecular complexity index is 1540. The fourth-order valence-corrected chi connectivity index (χ4v) is 4.38. The summed E-state index contributed by atoms with van der Waals surface area (Å²) >= 11 is 0. The molecular formula is C21H11FN2O4. The molecule has 0 radical (unpaired) electrons. The summed E-state index contributed by atoms with van der Waals surface area (Å²) in [5.74, 6) is -2.13. The summed E-state index contributed by atoms with van der Waals surface area (Å²) in [6.07, 6.45) is 0. The van der Waals surface area contributed by atoms with Gasteiger partial charge in [0.2, 0.25) is 0 Å². The van der Waals surface area contributed by atoms with Crippen molar-refractivity contribution >= 4 is 55.6 Å². The lowest BCUT2D eigenvalue weighted by atomic mass is 9.97. The number of hydroxylamine groups is 2. The van der Waals surface area contributed by atoms with Gasteiger partial charge in [-0.15, -0.1) is 5.06 Å². The highest BCUT2D eigenvalue weighted by atomic mass is 19.1. The van der Waals surface area contributed by atoms with Gasteiger partial charge < -0.3 is 8.98 Å². The largest absolute Gasteiger partial charge is 0.454 e. The van der Waals surface area contributed by atoms with Crippen LogP contribution in [0.25, 0.3) is 43.7 Å². The fourth-order valence-electron chi connectivity index (χ4n) is 4.38. The second-order valence-corrected chi connectivity index (χ2v) is 6.92. The van der Waals surface area contributed by atoms with Crippen molar-refractivity contribution in [3.8, 4) is 0 Å². The molecule has 0 saturated heterocycles. The van der Waals surface area contributed by atoms with E-state index in [0.717, 1.165) is 10.9 Å². The van der Waals surface area contributed by atoms with Crippen LogP contribution in [0.3, 0.4) is 0 Å². The van der Waals surface area contributed by atoms with Gasteiger partial charge in [-0.05, 0) is 24.3 Å². The van der Waals surface area contributed by atoms with Crippen LogP contribution in [0.15, 0.2) is 46.9 Å². The molecule has 1 aliphatic rings. The van der Waals surface area contributed by atoms with Gasteiger partial charge in [0.05, 0.1) is 16.6 Å². The number of imide groups is 1. The third kappa shape index (κ3) is 1.57. The molecule has 136 valence electrons. The van der Waals surface area contributed by atoms with Gasteiger partial charge in [0.1, 0.15) is 11.4 Å². The lowest BCUT2D eigenvalue weighted by molar-refractivity contribution is -0.0325. The standard InChI is InChI=1S/C21H11FN2O4/c1-23-12-5-3-2-4-10(12)14-16-17(21(26)24(27)20(16)25)15-11-8-9(22)6-7-13(11)28-19(15)18(14)23/h2-8,27H,1H3. The van der Waals surface area contributed by atoms with Crippen LogP contribution in [0.1, 0.15) is 20.7 Å². The first kappa shape index (κ1) is 15.4. The third-order valence-electron chi connectivity index (χ3n) is 5.53. The summed E-state index contributed by atoms with van der Waals surface area (Å²) in [7, 11) is 1.84. The molecular weight excluding hydrogens is 363 g/mol. The summed E-state index contributed by atoms with van der Waals surface area (Å²) < 4.78 is 21.8. The first-order valence-electron chi connectivity index (χ1n) is 8.61. The summed E-state index contributed by atoms with van der Waals surface area (Å²) in [6.45, 7) is 0. The number of para-hydroxylation sites is 1. The predicted octanol–water partition coefficient (Wildman–Crippen LogP) is 4.36. The normalized spacial score (nSPS) is 14.3.